The van der Waals surface area contributed by atoms with Crippen LogP contribution in [0.3, 0.4) is 0 Å². The zero-order valence-corrected chi connectivity index (χ0v) is 12.4. The summed E-state index contributed by atoms with van der Waals surface area (Å²) >= 11 is 0. The molecule has 0 aliphatic heterocycles. The van der Waals surface area contributed by atoms with Gasteiger partial charge in [-0.1, -0.05) is 12.1 Å². The van der Waals surface area contributed by atoms with Crippen LogP contribution in [0.1, 0.15) is 18.5 Å². The van der Waals surface area contributed by atoms with Crippen LogP contribution in [-0.2, 0) is 11.3 Å². The molecule has 3 aromatic rings. The first kappa shape index (κ1) is 14.1. The molecule has 0 aliphatic carbocycles. The van der Waals surface area contributed by atoms with Crippen molar-refractivity contribution < 1.29 is 4.79 Å². The molecule has 3 rings (SSSR count). The molecule has 0 spiro atoms. The van der Waals surface area contributed by atoms with Crippen LogP contribution in [-0.4, -0.2) is 43.0 Å². The molecule has 2 heterocycles. The summed E-state index contributed by atoms with van der Waals surface area (Å²) in [5, 5.41) is 11.9. The molecule has 7 heteroatoms. The van der Waals surface area contributed by atoms with Crippen LogP contribution in [0.15, 0.2) is 42.9 Å². The molecule has 0 aliphatic rings. The van der Waals surface area contributed by atoms with Crippen molar-refractivity contribution in [1.82, 2.24) is 30.1 Å². The van der Waals surface area contributed by atoms with Gasteiger partial charge < -0.3 is 4.90 Å². The van der Waals surface area contributed by atoms with Crippen LogP contribution in [0.2, 0.25) is 0 Å². The van der Waals surface area contributed by atoms with E-state index in [-0.39, 0.29) is 5.91 Å². The predicted octanol–water partition coefficient (Wildman–Crippen LogP) is 1.44. The van der Waals surface area contributed by atoms with Gasteiger partial charge in [0.1, 0.15) is 12.4 Å². The lowest BCUT2D eigenvalue weighted by molar-refractivity contribution is -0.133. The zero-order valence-electron chi connectivity index (χ0n) is 12.4. The highest BCUT2D eigenvalue weighted by Crippen LogP contribution is 2.16. The van der Waals surface area contributed by atoms with Crippen LogP contribution in [0.25, 0.3) is 10.9 Å². The lowest BCUT2D eigenvalue weighted by Crippen LogP contribution is -2.33. The minimum Gasteiger partial charge on any atom is -0.340 e. The molecule has 0 radical (unpaired) electrons. The summed E-state index contributed by atoms with van der Waals surface area (Å²) in [5.41, 5.74) is 2.00. The molecule has 112 valence electrons. The van der Waals surface area contributed by atoms with Gasteiger partial charge in [-0.25, -0.2) is 4.68 Å². The van der Waals surface area contributed by atoms with Crippen molar-refractivity contribution in [3.05, 3.63) is 48.4 Å². The molecule has 1 aromatic carbocycles. The van der Waals surface area contributed by atoms with Gasteiger partial charge in [-0.2, -0.15) is 0 Å². The molecule has 0 fully saturated rings. The Hall–Kier alpha value is -2.83. The highest BCUT2D eigenvalue weighted by Gasteiger charge is 2.20. The number of amides is 1. The van der Waals surface area contributed by atoms with Gasteiger partial charge in [0.25, 0.3) is 0 Å². The van der Waals surface area contributed by atoms with Gasteiger partial charge >= 0.3 is 0 Å². The number of nitrogens with zero attached hydrogens (tertiary/aromatic N) is 6. The molecule has 0 saturated carbocycles. The topological polar surface area (TPSA) is 76.8 Å². The smallest absolute Gasteiger partial charge is 0.247 e. The Morgan fingerprint density at radius 1 is 1.36 bits per heavy atom. The fourth-order valence-electron chi connectivity index (χ4n) is 2.35. The molecular weight excluding hydrogens is 280 g/mol. The lowest BCUT2D eigenvalue weighted by Gasteiger charge is -2.21. The summed E-state index contributed by atoms with van der Waals surface area (Å²) < 4.78 is 1.45. The number of likely N-dealkylation sites (N-methyl/N-ethyl adjacent to an activating group) is 1. The number of fused-ring (bicyclic) bond motifs is 1. The molecule has 0 N–H and O–H groups in total. The van der Waals surface area contributed by atoms with E-state index >= 15 is 0 Å². The van der Waals surface area contributed by atoms with Gasteiger partial charge in [-0.3, -0.25) is 9.78 Å². The van der Waals surface area contributed by atoms with E-state index in [4.69, 9.17) is 0 Å². The third-order valence-corrected chi connectivity index (χ3v) is 3.58. The van der Waals surface area contributed by atoms with Crippen molar-refractivity contribution in [2.75, 3.05) is 7.05 Å². The van der Waals surface area contributed by atoms with Crippen LogP contribution in [0, 0.1) is 0 Å². The number of aromatic nitrogens is 5. The maximum atomic E-state index is 12.4. The van der Waals surface area contributed by atoms with E-state index < -0.39 is 6.04 Å². The Morgan fingerprint density at radius 2 is 2.23 bits per heavy atom. The Labute approximate surface area is 127 Å². The fraction of sp³-hybridized carbons (Fsp3) is 0.267. The fourth-order valence-corrected chi connectivity index (χ4v) is 2.35. The summed E-state index contributed by atoms with van der Waals surface area (Å²) in [4.78, 5) is 18.4. The maximum Gasteiger partial charge on any atom is 0.247 e. The number of hydrogen-bond acceptors (Lipinski definition) is 5. The van der Waals surface area contributed by atoms with E-state index in [1.165, 1.54) is 11.0 Å². The average molecular weight is 296 g/mol. The van der Waals surface area contributed by atoms with E-state index in [2.05, 4.69) is 20.5 Å². The Bertz CT molecular complexity index is 786. The first-order chi connectivity index (χ1) is 10.6. The second kappa shape index (κ2) is 5.88. The van der Waals surface area contributed by atoms with Crippen LogP contribution in [0.4, 0.5) is 0 Å². The molecule has 7 nitrogen and oxygen atoms in total. The summed E-state index contributed by atoms with van der Waals surface area (Å²) in [6.45, 7) is 2.30. The summed E-state index contributed by atoms with van der Waals surface area (Å²) in [7, 11) is 1.77. The third kappa shape index (κ3) is 2.78. The number of carbonyl (C=O) groups excluding carboxylic acids is 1. The van der Waals surface area contributed by atoms with Gasteiger partial charge in [-0.05, 0) is 41.1 Å². The van der Waals surface area contributed by atoms with E-state index in [1.807, 2.05) is 30.3 Å². The van der Waals surface area contributed by atoms with Gasteiger partial charge in [0.05, 0.1) is 5.52 Å². The third-order valence-electron chi connectivity index (χ3n) is 3.58. The minimum atomic E-state index is -0.429. The highest BCUT2D eigenvalue weighted by atomic mass is 16.2. The van der Waals surface area contributed by atoms with Crippen LogP contribution >= 0.6 is 0 Å². The Morgan fingerprint density at radius 3 is 3.00 bits per heavy atom. The second-order valence-electron chi connectivity index (χ2n) is 5.19. The number of tetrazole rings is 1. The SMILES string of the molecule is C[C@@H](C(=O)N(C)Cc1ccc2ncccc2c1)n1cnnn1. The molecule has 0 unspecified atom stereocenters. The maximum absolute atomic E-state index is 12.4. The van der Waals surface area contributed by atoms with Gasteiger partial charge in [-0.15, -0.1) is 5.10 Å². The molecular formula is C15H16N6O. The van der Waals surface area contributed by atoms with Crippen molar-refractivity contribution in [2.45, 2.75) is 19.5 Å². The molecule has 2 aromatic heterocycles. The number of rotatable bonds is 4. The largest absolute Gasteiger partial charge is 0.340 e. The number of benzene rings is 1. The normalized spacial score (nSPS) is 12.3. The molecule has 1 atom stereocenters. The first-order valence-corrected chi connectivity index (χ1v) is 6.96. The number of carbonyl (C=O) groups is 1. The summed E-state index contributed by atoms with van der Waals surface area (Å²) in [6, 6.07) is 9.49. The minimum absolute atomic E-state index is 0.0430. The molecule has 22 heavy (non-hydrogen) atoms. The van der Waals surface area contributed by atoms with E-state index in [0.29, 0.717) is 6.54 Å². The van der Waals surface area contributed by atoms with Crippen molar-refractivity contribution in [3.8, 4) is 0 Å². The molecule has 0 saturated heterocycles. The number of pyridine rings is 1. The standard InChI is InChI=1S/C15H16N6O/c1-11(21-10-17-18-19-21)15(22)20(2)9-12-5-6-14-13(8-12)4-3-7-16-14/h3-8,10-11H,9H2,1-2H3/t11-/m0/s1. The molecule has 1 amide bonds. The van der Waals surface area contributed by atoms with Gasteiger partial charge in [0, 0.05) is 25.2 Å². The van der Waals surface area contributed by atoms with E-state index in [0.717, 1.165) is 16.5 Å². The van der Waals surface area contributed by atoms with Crippen molar-refractivity contribution in [3.63, 3.8) is 0 Å². The van der Waals surface area contributed by atoms with Gasteiger partial charge in [0.15, 0.2) is 0 Å². The lowest BCUT2D eigenvalue weighted by atomic mass is 10.1. The van der Waals surface area contributed by atoms with E-state index in [1.54, 1.807) is 25.1 Å². The highest BCUT2D eigenvalue weighted by molar-refractivity contribution is 5.81. The quantitative estimate of drug-likeness (QED) is 0.728. The van der Waals surface area contributed by atoms with Gasteiger partial charge in [0.2, 0.25) is 5.91 Å². The predicted molar refractivity (Wildman–Crippen MR) is 80.7 cm³/mol. The second-order valence-corrected chi connectivity index (χ2v) is 5.19. The monoisotopic (exact) mass is 296 g/mol. The van der Waals surface area contributed by atoms with Crippen LogP contribution in [0.5, 0.6) is 0 Å². The summed E-state index contributed by atoms with van der Waals surface area (Å²) in [6.07, 6.45) is 3.21. The number of hydrogen-bond donors (Lipinski definition) is 0. The van der Waals surface area contributed by atoms with Crippen molar-refractivity contribution in [2.24, 2.45) is 0 Å². The van der Waals surface area contributed by atoms with E-state index in [9.17, 15) is 4.79 Å². The Balaban J connectivity index is 1.74. The first-order valence-electron chi connectivity index (χ1n) is 6.96. The zero-order chi connectivity index (χ0) is 15.5. The molecule has 0 bridgehead atoms. The van der Waals surface area contributed by atoms with Crippen LogP contribution < -0.4 is 0 Å². The van der Waals surface area contributed by atoms with Crippen molar-refractivity contribution >= 4 is 16.8 Å². The average Bonchev–Trinajstić information content (AvgIpc) is 3.07. The summed E-state index contributed by atoms with van der Waals surface area (Å²) in [5.74, 6) is -0.0430. The van der Waals surface area contributed by atoms with Crippen molar-refractivity contribution in [1.29, 1.82) is 0 Å². The Kier molecular flexibility index (Phi) is 3.78.